The summed E-state index contributed by atoms with van der Waals surface area (Å²) in [5, 5.41) is 3.30. The Morgan fingerprint density at radius 2 is 1.86 bits per heavy atom. The second-order valence-corrected chi connectivity index (χ2v) is 5.01. The molecule has 1 rings (SSSR count). The fourth-order valence-corrected chi connectivity index (χ4v) is 2.13. The van der Waals surface area contributed by atoms with Crippen molar-refractivity contribution >= 4 is 5.97 Å². The fraction of sp³-hybridized carbons (Fsp3) is 0.562. The van der Waals surface area contributed by atoms with Gasteiger partial charge in [0.05, 0.1) is 13.7 Å². The molecule has 0 amide bonds. The molecule has 0 aliphatic carbocycles. The van der Waals surface area contributed by atoms with Crippen molar-refractivity contribution in [2.45, 2.75) is 33.4 Å². The van der Waals surface area contributed by atoms with Crippen molar-refractivity contribution < 1.29 is 19.0 Å². The van der Waals surface area contributed by atoms with Gasteiger partial charge in [-0.1, -0.05) is 12.1 Å². The van der Waals surface area contributed by atoms with Crippen molar-refractivity contribution in [3.05, 3.63) is 28.8 Å². The number of ether oxygens (including phenoxy) is 3. The lowest BCUT2D eigenvalue weighted by Crippen LogP contribution is -2.25. The third-order valence-corrected chi connectivity index (χ3v) is 3.16. The number of carbonyl (C=O) groups excluding carboxylic acids is 1. The maximum Gasteiger partial charge on any atom is 0.346 e. The zero-order valence-electron chi connectivity index (χ0n) is 13.5. The van der Waals surface area contributed by atoms with Gasteiger partial charge in [0, 0.05) is 20.2 Å². The lowest BCUT2D eigenvalue weighted by Gasteiger charge is -2.18. The summed E-state index contributed by atoms with van der Waals surface area (Å²) in [6, 6.07) is 4.12. The number of rotatable bonds is 8. The molecular weight excluding hydrogens is 270 g/mol. The molecule has 0 fully saturated rings. The summed E-state index contributed by atoms with van der Waals surface area (Å²) in [5.74, 6) is 0.368. The molecule has 1 atom stereocenters. The van der Waals surface area contributed by atoms with E-state index in [1.165, 1.54) is 12.7 Å². The van der Waals surface area contributed by atoms with Gasteiger partial charge in [-0.2, -0.15) is 0 Å². The van der Waals surface area contributed by atoms with E-state index in [9.17, 15) is 4.79 Å². The molecule has 0 aromatic heterocycles. The highest BCUT2D eigenvalue weighted by atomic mass is 16.6. The number of esters is 1. The van der Waals surface area contributed by atoms with Gasteiger partial charge in [0.15, 0.2) is 6.10 Å². The van der Waals surface area contributed by atoms with E-state index in [1.54, 1.807) is 14.0 Å². The highest BCUT2D eigenvalue weighted by Gasteiger charge is 2.17. The predicted octanol–water partition coefficient (Wildman–Crippen LogP) is 1.98. The van der Waals surface area contributed by atoms with Crippen molar-refractivity contribution in [3.8, 4) is 5.75 Å². The Hall–Kier alpha value is -1.59. The van der Waals surface area contributed by atoms with Gasteiger partial charge in [0.2, 0.25) is 0 Å². The molecule has 0 saturated heterocycles. The van der Waals surface area contributed by atoms with Crippen LogP contribution in [0.15, 0.2) is 12.1 Å². The van der Waals surface area contributed by atoms with E-state index in [1.807, 2.05) is 13.8 Å². The van der Waals surface area contributed by atoms with Crippen molar-refractivity contribution in [3.63, 3.8) is 0 Å². The van der Waals surface area contributed by atoms with E-state index in [4.69, 9.17) is 9.47 Å². The van der Waals surface area contributed by atoms with Crippen LogP contribution in [0.4, 0.5) is 0 Å². The Bertz CT molecular complexity index is 450. The van der Waals surface area contributed by atoms with Crippen molar-refractivity contribution in [2.24, 2.45) is 0 Å². The summed E-state index contributed by atoms with van der Waals surface area (Å²) in [6.07, 6.45) is -0.613. The molecule has 0 aliphatic heterocycles. The topological polar surface area (TPSA) is 56.8 Å². The van der Waals surface area contributed by atoms with E-state index in [2.05, 4.69) is 22.2 Å². The van der Waals surface area contributed by atoms with Gasteiger partial charge >= 0.3 is 5.97 Å². The zero-order valence-corrected chi connectivity index (χ0v) is 13.5. The van der Waals surface area contributed by atoms with Gasteiger partial charge in [0.25, 0.3) is 0 Å². The molecule has 0 spiro atoms. The van der Waals surface area contributed by atoms with Crippen molar-refractivity contribution in [2.75, 3.05) is 27.4 Å². The van der Waals surface area contributed by atoms with E-state index in [0.717, 1.165) is 30.0 Å². The Kier molecular flexibility index (Phi) is 7.19. The van der Waals surface area contributed by atoms with Gasteiger partial charge in [-0.15, -0.1) is 0 Å². The molecule has 5 nitrogen and oxygen atoms in total. The maximum absolute atomic E-state index is 11.4. The van der Waals surface area contributed by atoms with Crippen LogP contribution in [0.1, 0.15) is 23.6 Å². The SMILES string of the molecule is COCCNCc1cc(C)c(OC(C)C(=O)OC)c(C)c1. The van der Waals surface area contributed by atoms with Crippen LogP contribution in [0.5, 0.6) is 5.75 Å². The Balaban J connectivity index is 2.73. The van der Waals surface area contributed by atoms with Crippen LogP contribution >= 0.6 is 0 Å². The zero-order chi connectivity index (χ0) is 15.8. The quantitative estimate of drug-likeness (QED) is 0.587. The summed E-state index contributed by atoms with van der Waals surface area (Å²) in [4.78, 5) is 11.4. The normalized spacial score (nSPS) is 12.0. The number of hydrogen-bond donors (Lipinski definition) is 1. The third kappa shape index (κ3) is 5.36. The predicted molar refractivity (Wildman–Crippen MR) is 81.6 cm³/mol. The largest absolute Gasteiger partial charge is 0.478 e. The molecular formula is C16H25NO4. The lowest BCUT2D eigenvalue weighted by molar-refractivity contribution is -0.147. The van der Waals surface area contributed by atoms with Gasteiger partial charge < -0.3 is 19.5 Å². The van der Waals surface area contributed by atoms with Crippen molar-refractivity contribution in [1.29, 1.82) is 0 Å². The number of methoxy groups -OCH3 is 2. The minimum absolute atomic E-state index is 0.376. The third-order valence-electron chi connectivity index (χ3n) is 3.16. The molecule has 0 bridgehead atoms. The Labute approximate surface area is 126 Å². The van der Waals surface area contributed by atoms with Crippen LogP contribution < -0.4 is 10.1 Å². The average Bonchev–Trinajstić information content (AvgIpc) is 2.46. The molecule has 1 unspecified atom stereocenters. The minimum Gasteiger partial charge on any atom is -0.478 e. The Morgan fingerprint density at radius 3 is 2.38 bits per heavy atom. The van der Waals surface area contributed by atoms with E-state index in [-0.39, 0.29) is 5.97 Å². The van der Waals surface area contributed by atoms with Crippen LogP contribution in [-0.2, 0) is 20.8 Å². The van der Waals surface area contributed by atoms with Gasteiger partial charge in [-0.05, 0) is 37.5 Å². The minimum atomic E-state index is -0.613. The molecule has 0 saturated carbocycles. The number of carbonyl (C=O) groups is 1. The first-order chi connectivity index (χ1) is 9.99. The second-order valence-electron chi connectivity index (χ2n) is 5.01. The molecule has 0 heterocycles. The van der Waals surface area contributed by atoms with Gasteiger partial charge in [0.1, 0.15) is 5.75 Å². The molecule has 21 heavy (non-hydrogen) atoms. The summed E-state index contributed by atoms with van der Waals surface area (Å²) in [5.41, 5.74) is 3.20. The Morgan fingerprint density at radius 1 is 1.24 bits per heavy atom. The average molecular weight is 295 g/mol. The van der Waals surface area contributed by atoms with Crippen LogP contribution in [0.25, 0.3) is 0 Å². The summed E-state index contributed by atoms with van der Waals surface area (Å²) in [6.45, 7) is 7.92. The second kappa shape index (κ2) is 8.64. The lowest BCUT2D eigenvalue weighted by atomic mass is 10.1. The van der Waals surface area contributed by atoms with E-state index < -0.39 is 6.10 Å². The number of benzene rings is 1. The maximum atomic E-state index is 11.4. The summed E-state index contributed by atoms with van der Waals surface area (Å²) in [7, 11) is 3.04. The summed E-state index contributed by atoms with van der Waals surface area (Å²) >= 11 is 0. The van der Waals surface area contributed by atoms with Crippen LogP contribution in [0, 0.1) is 13.8 Å². The number of aryl methyl sites for hydroxylation is 2. The highest BCUT2D eigenvalue weighted by molar-refractivity contribution is 5.74. The molecule has 0 aliphatic rings. The molecule has 5 heteroatoms. The smallest absolute Gasteiger partial charge is 0.346 e. The first kappa shape index (κ1) is 17.5. The molecule has 0 radical (unpaired) electrons. The van der Waals surface area contributed by atoms with Crippen LogP contribution in [0.3, 0.4) is 0 Å². The van der Waals surface area contributed by atoms with Crippen LogP contribution in [-0.4, -0.2) is 39.4 Å². The summed E-state index contributed by atoms with van der Waals surface area (Å²) < 4.78 is 15.4. The van der Waals surface area contributed by atoms with Crippen molar-refractivity contribution in [1.82, 2.24) is 5.32 Å². The monoisotopic (exact) mass is 295 g/mol. The van der Waals surface area contributed by atoms with Gasteiger partial charge in [-0.3, -0.25) is 0 Å². The first-order valence-electron chi connectivity index (χ1n) is 7.03. The molecule has 118 valence electrons. The standard InChI is InChI=1S/C16H25NO4/c1-11-8-14(10-17-6-7-19-4)9-12(2)15(11)21-13(3)16(18)20-5/h8-9,13,17H,6-7,10H2,1-5H3. The van der Waals surface area contributed by atoms with Gasteiger partial charge in [-0.25, -0.2) is 4.79 Å². The molecule has 1 N–H and O–H groups in total. The highest BCUT2D eigenvalue weighted by Crippen LogP contribution is 2.26. The van der Waals surface area contributed by atoms with E-state index in [0.29, 0.717) is 6.61 Å². The number of nitrogens with one attached hydrogen (secondary N) is 1. The molecule has 1 aromatic rings. The first-order valence-corrected chi connectivity index (χ1v) is 7.03. The fourth-order valence-electron chi connectivity index (χ4n) is 2.13. The molecule has 1 aromatic carbocycles. The van der Waals surface area contributed by atoms with E-state index >= 15 is 0 Å². The number of hydrogen-bond acceptors (Lipinski definition) is 5. The van der Waals surface area contributed by atoms with Crippen LogP contribution in [0.2, 0.25) is 0 Å².